The molecule has 1 aliphatic carbocycles. The first-order valence-corrected chi connectivity index (χ1v) is 13.7. The van der Waals surface area contributed by atoms with E-state index in [1.54, 1.807) is 13.0 Å². The molecular weight excluding hydrogens is 464 g/mol. The van der Waals surface area contributed by atoms with Gasteiger partial charge >= 0.3 is 5.97 Å². The van der Waals surface area contributed by atoms with Crippen LogP contribution < -0.4 is 5.32 Å². The highest BCUT2D eigenvalue weighted by Gasteiger charge is 2.32. The highest BCUT2D eigenvalue weighted by atomic mass is 32.2. The zero-order chi connectivity index (χ0) is 23.9. The minimum absolute atomic E-state index is 0.0706. The van der Waals surface area contributed by atoms with Crippen LogP contribution in [0.15, 0.2) is 6.07 Å². The summed E-state index contributed by atoms with van der Waals surface area (Å²) >= 11 is 1.40. The first-order chi connectivity index (χ1) is 15.6. The average Bonchev–Trinajstić information content (AvgIpc) is 3.37. The number of ether oxygens (including phenoxy) is 1. The van der Waals surface area contributed by atoms with Gasteiger partial charge in [0.1, 0.15) is 5.00 Å². The van der Waals surface area contributed by atoms with Gasteiger partial charge < -0.3 is 14.6 Å². The molecule has 1 amide bonds. The summed E-state index contributed by atoms with van der Waals surface area (Å²) < 4.78 is 31.1. The molecule has 0 bridgehead atoms. The smallest absolute Gasteiger partial charge is 0.341 e. The van der Waals surface area contributed by atoms with Gasteiger partial charge in [-0.15, -0.1) is 11.3 Å². The van der Waals surface area contributed by atoms with Gasteiger partial charge in [0, 0.05) is 34.8 Å². The maximum absolute atomic E-state index is 13.0. The molecule has 1 saturated heterocycles. The van der Waals surface area contributed by atoms with Crippen molar-refractivity contribution in [3.63, 3.8) is 0 Å². The van der Waals surface area contributed by atoms with E-state index in [1.165, 1.54) is 18.3 Å². The van der Waals surface area contributed by atoms with Crippen molar-refractivity contribution in [3.05, 3.63) is 39.0 Å². The van der Waals surface area contributed by atoms with E-state index in [4.69, 9.17) is 4.74 Å². The van der Waals surface area contributed by atoms with E-state index in [9.17, 15) is 22.8 Å². The molecule has 0 radical (unpaired) electrons. The summed E-state index contributed by atoms with van der Waals surface area (Å²) in [6.07, 6.45) is 4.14. The summed E-state index contributed by atoms with van der Waals surface area (Å²) in [5.41, 5.74) is 3.19. The number of thiophene rings is 1. The van der Waals surface area contributed by atoms with Gasteiger partial charge in [0.05, 0.1) is 17.1 Å². The molecule has 1 fully saturated rings. The molecule has 0 unspecified atom stereocenters. The number of carbonyl (C=O) groups is 3. The number of ketones is 1. The zero-order valence-corrected chi connectivity index (χ0v) is 20.7. The third-order valence-corrected chi connectivity index (χ3v) is 9.32. The average molecular weight is 493 g/mol. The van der Waals surface area contributed by atoms with Crippen LogP contribution in [-0.4, -0.2) is 48.8 Å². The lowest BCUT2D eigenvalue weighted by atomic mass is 9.95. The number of nitrogens with zero attached hydrogens (tertiary/aromatic N) is 1. The number of rotatable bonds is 6. The SMILES string of the molecule is CC(=O)Nc1sc2c(c1C(=O)OCC(=O)c1cc(C)n([C@H]3CCS(=O)(=O)C3)c1C)CCCC2. The topological polar surface area (TPSA) is 112 Å². The number of Topliss-reactive ketones (excluding diaryl/α,β-unsaturated/α-hetero) is 1. The second kappa shape index (κ2) is 9.06. The first kappa shape index (κ1) is 23.7. The summed E-state index contributed by atoms with van der Waals surface area (Å²) in [5.74, 6) is -0.991. The number of anilines is 1. The number of fused-ring (bicyclic) bond motifs is 1. The number of amides is 1. The number of hydrogen-bond donors (Lipinski definition) is 1. The van der Waals surface area contributed by atoms with E-state index >= 15 is 0 Å². The standard InChI is InChI=1S/C23H28N2O6S2/c1-13-10-18(14(2)25(13)16-8-9-33(29,30)12-16)19(27)11-31-23(28)21-17-6-4-5-7-20(17)32-22(21)24-15(3)26/h10,16H,4-9,11-12H2,1-3H3,(H,24,26)/t16-/m0/s1. The molecule has 3 heterocycles. The van der Waals surface area contributed by atoms with Crippen molar-refractivity contribution in [2.75, 3.05) is 23.4 Å². The lowest BCUT2D eigenvalue weighted by Gasteiger charge is -2.16. The predicted octanol–water partition coefficient (Wildman–Crippen LogP) is 3.40. The Labute approximate surface area is 197 Å². The van der Waals surface area contributed by atoms with Crippen molar-refractivity contribution < 1.29 is 27.5 Å². The third kappa shape index (κ3) is 4.77. The molecule has 178 valence electrons. The highest BCUT2D eigenvalue weighted by Crippen LogP contribution is 2.38. The molecule has 8 nitrogen and oxygen atoms in total. The molecule has 0 aromatic carbocycles. The van der Waals surface area contributed by atoms with E-state index in [2.05, 4.69) is 5.32 Å². The van der Waals surface area contributed by atoms with Gasteiger partial charge in [-0.1, -0.05) is 0 Å². The fourth-order valence-electron chi connectivity index (χ4n) is 4.91. The lowest BCUT2D eigenvalue weighted by molar-refractivity contribution is -0.114. The predicted molar refractivity (Wildman–Crippen MR) is 126 cm³/mol. The van der Waals surface area contributed by atoms with Crippen molar-refractivity contribution in [2.45, 2.75) is 58.9 Å². The van der Waals surface area contributed by atoms with Crippen LogP contribution in [0.4, 0.5) is 5.00 Å². The molecule has 2 aromatic rings. The second-order valence-electron chi connectivity index (χ2n) is 8.81. The normalized spacial score (nSPS) is 19.2. The summed E-state index contributed by atoms with van der Waals surface area (Å²) in [6, 6.07) is 1.54. The van der Waals surface area contributed by atoms with Crippen LogP contribution in [0.25, 0.3) is 0 Å². The Hall–Kier alpha value is -2.46. The first-order valence-electron chi connectivity index (χ1n) is 11.1. The number of hydrogen-bond acceptors (Lipinski definition) is 7. The van der Waals surface area contributed by atoms with Gasteiger partial charge in [0.15, 0.2) is 16.4 Å². The number of esters is 1. The molecule has 4 rings (SSSR count). The Morgan fingerprint density at radius 1 is 1.21 bits per heavy atom. The van der Waals surface area contributed by atoms with Gasteiger partial charge in [-0.3, -0.25) is 9.59 Å². The Morgan fingerprint density at radius 2 is 1.94 bits per heavy atom. The van der Waals surface area contributed by atoms with Gasteiger partial charge in [-0.25, -0.2) is 13.2 Å². The van der Waals surface area contributed by atoms with Crippen LogP contribution in [0.2, 0.25) is 0 Å². The fourth-order valence-corrected chi connectivity index (χ4v) is 7.93. The van der Waals surface area contributed by atoms with Crippen LogP contribution in [0.1, 0.15) is 74.8 Å². The minimum Gasteiger partial charge on any atom is -0.454 e. The van der Waals surface area contributed by atoms with E-state index in [0.717, 1.165) is 41.8 Å². The van der Waals surface area contributed by atoms with Crippen LogP contribution in [0.3, 0.4) is 0 Å². The quantitative estimate of drug-likeness (QED) is 0.489. The number of sulfone groups is 1. The van der Waals surface area contributed by atoms with E-state index in [-0.39, 0.29) is 29.2 Å². The molecule has 1 N–H and O–H groups in total. The van der Waals surface area contributed by atoms with Gasteiger partial charge in [0.2, 0.25) is 11.7 Å². The number of carbonyl (C=O) groups excluding carboxylic acids is 3. The molecular formula is C23H28N2O6S2. The van der Waals surface area contributed by atoms with Crippen molar-refractivity contribution in [1.29, 1.82) is 0 Å². The van der Waals surface area contributed by atoms with Crippen LogP contribution in [0.5, 0.6) is 0 Å². The third-order valence-electron chi connectivity index (χ3n) is 6.36. The van der Waals surface area contributed by atoms with Crippen molar-refractivity contribution in [2.24, 2.45) is 0 Å². The Balaban J connectivity index is 1.51. The van der Waals surface area contributed by atoms with Crippen molar-refractivity contribution in [3.8, 4) is 0 Å². The molecule has 0 spiro atoms. The van der Waals surface area contributed by atoms with Crippen LogP contribution in [0, 0.1) is 13.8 Å². The molecule has 10 heteroatoms. The van der Waals surface area contributed by atoms with E-state index in [1.807, 2.05) is 11.5 Å². The Kier molecular flexibility index (Phi) is 6.50. The van der Waals surface area contributed by atoms with Gasteiger partial charge in [0.25, 0.3) is 0 Å². The van der Waals surface area contributed by atoms with Crippen molar-refractivity contribution in [1.82, 2.24) is 4.57 Å². The summed E-state index contributed by atoms with van der Waals surface area (Å²) in [7, 11) is -3.06. The molecule has 2 aromatic heterocycles. The number of aryl methyl sites for hydroxylation is 2. The Morgan fingerprint density at radius 3 is 2.61 bits per heavy atom. The number of nitrogens with one attached hydrogen (secondary N) is 1. The van der Waals surface area contributed by atoms with Crippen molar-refractivity contribution >= 4 is 43.8 Å². The lowest BCUT2D eigenvalue weighted by Crippen LogP contribution is -2.18. The zero-order valence-electron chi connectivity index (χ0n) is 19.0. The second-order valence-corrected chi connectivity index (χ2v) is 12.1. The number of aromatic nitrogens is 1. The summed E-state index contributed by atoms with van der Waals surface area (Å²) in [6.45, 7) is 4.61. The Bertz CT molecular complexity index is 1240. The maximum atomic E-state index is 13.0. The van der Waals surface area contributed by atoms with Crippen LogP contribution >= 0.6 is 11.3 Å². The monoisotopic (exact) mass is 492 g/mol. The van der Waals surface area contributed by atoms with Crippen LogP contribution in [-0.2, 0) is 32.2 Å². The van der Waals surface area contributed by atoms with E-state index < -0.39 is 22.4 Å². The van der Waals surface area contributed by atoms with E-state index in [0.29, 0.717) is 28.2 Å². The maximum Gasteiger partial charge on any atom is 0.341 e. The molecule has 1 aliphatic heterocycles. The van der Waals surface area contributed by atoms with Gasteiger partial charge in [-0.2, -0.15) is 0 Å². The molecule has 2 aliphatic rings. The largest absolute Gasteiger partial charge is 0.454 e. The fraction of sp³-hybridized carbons (Fsp3) is 0.522. The summed E-state index contributed by atoms with van der Waals surface area (Å²) in [5, 5.41) is 3.21. The molecule has 0 saturated carbocycles. The molecule has 33 heavy (non-hydrogen) atoms. The summed E-state index contributed by atoms with van der Waals surface area (Å²) in [4.78, 5) is 38.6. The minimum atomic E-state index is -3.06. The van der Waals surface area contributed by atoms with Gasteiger partial charge in [-0.05, 0) is 57.6 Å². The highest BCUT2D eigenvalue weighted by molar-refractivity contribution is 7.91. The molecule has 1 atom stereocenters.